The van der Waals surface area contributed by atoms with Crippen LogP contribution in [0.5, 0.6) is 0 Å². The Kier molecular flexibility index (Phi) is 4.60. The Morgan fingerprint density at radius 1 is 1.56 bits per heavy atom. The number of benzene rings is 1. The molecular weight excluding hydrogens is 211 g/mol. The third-order valence-electron chi connectivity index (χ3n) is 1.92. The SMILES string of the molecule is CC(=O)[C@H](N)CO/N=C/c1ccc(F)cc1. The maximum atomic E-state index is 12.5. The second-order valence-electron chi connectivity index (χ2n) is 3.30. The molecule has 0 aliphatic carbocycles. The summed E-state index contributed by atoms with van der Waals surface area (Å²) < 4.78 is 12.5. The molecule has 0 aliphatic rings. The van der Waals surface area contributed by atoms with Gasteiger partial charge in [-0.25, -0.2) is 4.39 Å². The number of halogens is 1. The first-order valence-electron chi connectivity index (χ1n) is 4.76. The fourth-order valence-electron chi connectivity index (χ4n) is 0.888. The van der Waals surface area contributed by atoms with Crippen molar-refractivity contribution in [3.63, 3.8) is 0 Å². The van der Waals surface area contributed by atoms with E-state index in [0.29, 0.717) is 5.56 Å². The monoisotopic (exact) mass is 224 g/mol. The van der Waals surface area contributed by atoms with Gasteiger partial charge >= 0.3 is 0 Å². The van der Waals surface area contributed by atoms with Crippen molar-refractivity contribution in [3.05, 3.63) is 35.6 Å². The average Bonchev–Trinajstić information content (AvgIpc) is 2.26. The third-order valence-corrected chi connectivity index (χ3v) is 1.92. The van der Waals surface area contributed by atoms with Crippen molar-refractivity contribution in [3.8, 4) is 0 Å². The summed E-state index contributed by atoms with van der Waals surface area (Å²) in [7, 11) is 0. The number of ketones is 1. The van der Waals surface area contributed by atoms with Crippen molar-refractivity contribution < 1.29 is 14.0 Å². The highest BCUT2D eigenvalue weighted by molar-refractivity contribution is 5.81. The van der Waals surface area contributed by atoms with E-state index in [1.54, 1.807) is 12.1 Å². The fraction of sp³-hybridized carbons (Fsp3) is 0.273. The standard InChI is InChI=1S/C11H13FN2O2/c1-8(15)11(13)7-16-14-6-9-2-4-10(12)5-3-9/h2-6,11H,7,13H2,1H3/b14-6+/t11-/m1/s1. The molecule has 5 heteroatoms. The molecule has 0 fully saturated rings. The van der Waals surface area contributed by atoms with Gasteiger partial charge < -0.3 is 10.6 Å². The molecule has 1 rings (SSSR count). The Morgan fingerprint density at radius 2 is 2.19 bits per heavy atom. The van der Waals surface area contributed by atoms with E-state index < -0.39 is 6.04 Å². The van der Waals surface area contributed by atoms with Crippen LogP contribution in [0.15, 0.2) is 29.4 Å². The molecule has 0 aromatic heterocycles. The van der Waals surface area contributed by atoms with E-state index in [0.717, 1.165) is 0 Å². The summed E-state index contributed by atoms with van der Waals surface area (Å²) >= 11 is 0. The van der Waals surface area contributed by atoms with Gasteiger partial charge in [0.2, 0.25) is 0 Å². The van der Waals surface area contributed by atoms with Crippen LogP contribution in [-0.4, -0.2) is 24.6 Å². The first-order valence-corrected chi connectivity index (χ1v) is 4.76. The Morgan fingerprint density at radius 3 is 2.75 bits per heavy atom. The molecule has 0 bridgehead atoms. The van der Waals surface area contributed by atoms with Crippen LogP contribution in [0, 0.1) is 5.82 Å². The number of hydrogen-bond acceptors (Lipinski definition) is 4. The molecule has 0 saturated heterocycles. The molecule has 0 aliphatic heterocycles. The lowest BCUT2D eigenvalue weighted by atomic mass is 10.2. The highest BCUT2D eigenvalue weighted by atomic mass is 19.1. The van der Waals surface area contributed by atoms with Crippen molar-refractivity contribution in [1.29, 1.82) is 0 Å². The molecule has 4 nitrogen and oxygen atoms in total. The molecule has 86 valence electrons. The van der Waals surface area contributed by atoms with Crippen molar-refractivity contribution in [2.45, 2.75) is 13.0 Å². The summed E-state index contributed by atoms with van der Waals surface area (Å²) in [6.45, 7) is 1.42. The number of nitrogens with two attached hydrogens (primary N) is 1. The number of hydrogen-bond donors (Lipinski definition) is 1. The number of Topliss-reactive ketones (excluding diaryl/α,β-unsaturated/α-hetero) is 1. The van der Waals surface area contributed by atoms with Gasteiger partial charge in [0.05, 0.1) is 6.21 Å². The Hall–Kier alpha value is -1.75. The van der Waals surface area contributed by atoms with Gasteiger partial charge in [0, 0.05) is 0 Å². The van der Waals surface area contributed by atoms with E-state index in [2.05, 4.69) is 5.16 Å². The molecule has 0 unspecified atom stereocenters. The van der Waals surface area contributed by atoms with E-state index in [4.69, 9.17) is 10.6 Å². The van der Waals surface area contributed by atoms with Crippen molar-refractivity contribution in [1.82, 2.24) is 0 Å². The van der Waals surface area contributed by atoms with E-state index in [-0.39, 0.29) is 18.2 Å². The van der Waals surface area contributed by atoms with E-state index in [9.17, 15) is 9.18 Å². The van der Waals surface area contributed by atoms with Gasteiger partial charge in [-0.15, -0.1) is 0 Å². The fourth-order valence-corrected chi connectivity index (χ4v) is 0.888. The predicted molar refractivity (Wildman–Crippen MR) is 58.6 cm³/mol. The normalized spacial score (nSPS) is 12.7. The number of carbonyl (C=O) groups is 1. The first-order chi connectivity index (χ1) is 7.59. The van der Waals surface area contributed by atoms with Crippen LogP contribution in [0.25, 0.3) is 0 Å². The molecule has 1 aromatic carbocycles. The number of oxime groups is 1. The Labute approximate surface area is 92.9 Å². The van der Waals surface area contributed by atoms with Gasteiger partial charge in [-0.2, -0.15) is 0 Å². The van der Waals surface area contributed by atoms with Crippen LogP contribution in [0.3, 0.4) is 0 Å². The molecular formula is C11H13FN2O2. The minimum absolute atomic E-state index is 0.0348. The molecule has 0 spiro atoms. The average molecular weight is 224 g/mol. The van der Waals surface area contributed by atoms with Crippen LogP contribution in [-0.2, 0) is 9.63 Å². The lowest BCUT2D eigenvalue weighted by molar-refractivity contribution is -0.119. The second kappa shape index (κ2) is 5.97. The highest BCUT2D eigenvalue weighted by Crippen LogP contribution is 1.99. The summed E-state index contributed by atoms with van der Waals surface area (Å²) in [6, 6.07) is 5.11. The smallest absolute Gasteiger partial charge is 0.150 e. The van der Waals surface area contributed by atoms with Crippen molar-refractivity contribution >= 4 is 12.0 Å². The summed E-state index contributed by atoms with van der Waals surface area (Å²) in [6.07, 6.45) is 1.42. The quantitative estimate of drug-likeness (QED) is 0.601. The van der Waals surface area contributed by atoms with Gasteiger partial charge in [-0.3, -0.25) is 4.79 Å². The number of carbonyl (C=O) groups excluding carboxylic acids is 1. The van der Waals surface area contributed by atoms with Crippen LogP contribution in [0.4, 0.5) is 4.39 Å². The van der Waals surface area contributed by atoms with Crippen molar-refractivity contribution in [2.75, 3.05) is 6.61 Å². The van der Waals surface area contributed by atoms with Gasteiger partial charge in [0.1, 0.15) is 24.2 Å². The molecule has 1 atom stereocenters. The van der Waals surface area contributed by atoms with Crippen LogP contribution in [0.1, 0.15) is 12.5 Å². The third kappa shape index (κ3) is 4.18. The van der Waals surface area contributed by atoms with E-state index >= 15 is 0 Å². The molecule has 0 radical (unpaired) electrons. The predicted octanol–water partition coefficient (Wildman–Crippen LogP) is 1.09. The molecule has 1 aromatic rings. The topological polar surface area (TPSA) is 64.7 Å². The van der Waals surface area contributed by atoms with Gasteiger partial charge in [0.25, 0.3) is 0 Å². The summed E-state index contributed by atoms with van der Waals surface area (Å²) in [5.74, 6) is -0.464. The maximum absolute atomic E-state index is 12.5. The zero-order chi connectivity index (χ0) is 12.0. The lowest BCUT2D eigenvalue weighted by Gasteiger charge is -2.04. The zero-order valence-electron chi connectivity index (χ0n) is 8.89. The highest BCUT2D eigenvalue weighted by Gasteiger charge is 2.07. The molecule has 0 saturated carbocycles. The minimum atomic E-state index is -0.662. The van der Waals surface area contributed by atoms with Crippen LogP contribution >= 0.6 is 0 Å². The van der Waals surface area contributed by atoms with Gasteiger partial charge in [-0.05, 0) is 24.6 Å². The second-order valence-corrected chi connectivity index (χ2v) is 3.30. The summed E-state index contributed by atoms with van der Waals surface area (Å²) in [5.41, 5.74) is 6.12. The van der Waals surface area contributed by atoms with Gasteiger partial charge in [-0.1, -0.05) is 17.3 Å². The van der Waals surface area contributed by atoms with Gasteiger partial charge in [0.15, 0.2) is 0 Å². The Bertz CT molecular complexity index is 376. The van der Waals surface area contributed by atoms with Crippen molar-refractivity contribution in [2.24, 2.45) is 10.9 Å². The molecule has 16 heavy (non-hydrogen) atoms. The summed E-state index contributed by atoms with van der Waals surface area (Å²) in [4.78, 5) is 15.6. The first kappa shape index (κ1) is 12.3. The van der Waals surface area contributed by atoms with Crippen LogP contribution < -0.4 is 5.73 Å². The molecule has 2 N–H and O–H groups in total. The lowest BCUT2D eigenvalue weighted by Crippen LogP contribution is -2.32. The molecule has 0 amide bonds. The number of rotatable bonds is 5. The minimum Gasteiger partial charge on any atom is -0.394 e. The summed E-state index contributed by atoms with van der Waals surface area (Å²) in [5, 5.41) is 3.61. The maximum Gasteiger partial charge on any atom is 0.150 e. The number of nitrogens with zero attached hydrogens (tertiary/aromatic N) is 1. The van der Waals surface area contributed by atoms with Crippen LogP contribution in [0.2, 0.25) is 0 Å². The Balaban J connectivity index is 2.37. The van der Waals surface area contributed by atoms with E-state index in [1.165, 1.54) is 25.3 Å². The largest absolute Gasteiger partial charge is 0.394 e. The molecule has 0 heterocycles. The van der Waals surface area contributed by atoms with E-state index in [1.807, 2.05) is 0 Å². The zero-order valence-corrected chi connectivity index (χ0v) is 8.89.